The Morgan fingerprint density at radius 1 is 1.27 bits per heavy atom. The van der Waals surface area contributed by atoms with Crippen molar-refractivity contribution < 1.29 is 23.0 Å². The van der Waals surface area contributed by atoms with Gasteiger partial charge in [0.05, 0.1) is 25.5 Å². The average molecular weight is 375 g/mol. The van der Waals surface area contributed by atoms with E-state index in [1.807, 2.05) is 30.3 Å². The second-order valence-corrected chi connectivity index (χ2v) is 7.75. The van der Waals surface area contributed by atoms with Gasteiger partial charge in [-0.25, -0.2) is 8.42 Å². The number of anilines is 1. The van der Waals surface area contributed by atoms with Crippen LogP contribution < -0.4 is 14.2 Å². The molecule has 2 aromatic rings. The molecule has 0 aliphatic carbocycles. The molecule has 0 amide bonds. The van der Waals surface area contributed by atoms with Gasteiger partial charge in [0, 0.05) is 17.7 Å². The Morgan fingerprint density at radius 3 is 2.77 bits per heavy atom. The molecule has 0 saturated carbocycles. The first-order chi connectivity index (χ1) is 12.4. The Balaban J connectivity index is 2.11. The van der Waals surface area contributed by atoms with Gasteiger partial charge in [0.2, 0.25) is 10.0 Å². The number of fused-ring (bicyclic) bond motifs is 3. The zero-order chi connectivity index (χ0) is 18.7. The number of hydrogen-bond acceptors (Lipinski definition) is 5. The second-order valence-electron chi connectivity index (χ2n) is 6.01. The molecule has 1 atom stereocenters. The summed E-state index contributed by atoms with van der Waals surface area (Å²) >= 11 is 0. The van der Waals surface area contributed by atoms with Crippen LogP contribution in [0, 0.1) is 0 Å². The number of nitrogens with one attached hydrogen (secondary N) is 1. The molecule has 0 spiro atoms. The molecule has 0 fully saturated rings. The van der Waals surface area contributed by atoms with Crippen LogP contribution in [0.25, 0.3) is 11.1 Å². The van der Waals surface area contributed by atoms with Crippen LogP contribution in [-0.4, -0.2) is 33.5 Å². The van der Waals surface area contributed by atoms with E-state index in [1.54, 1.807) is 25.3 Å². The molecule has 1 aliphatic rings. The summed E-state index contributed by atoms with van der Waals surface area (Å²) in [5.41, 5.74) is 3.12. The van der Waals surface area contributed by atoms with Crippen LogP contribution in [0.2, 0.25) is 0 Å². The van der Waals surface area contributed by atoms with Crippen molar-refractivity contribution in [1.82, 2.24) is 0 Å². The molecule has 0 aromatic heterocycles. The lowest BCUT2D eigenvalue weighted by atomic mass is 9.90. The number of aliphatic hydroxyl groups is 1. The van der Waals surface area contributed by atoms with Crippen molar-refractivity contribution in [2.45, 2.75) is 12.5 Å². The third-order valence-corrected chi connectivity index (χ3v) is 4.68. The van der Waals surface area contributed by atoms with Crippen LogP contribution in [0.15, 0.2) is 48.6 Å². The highest BCUT2D eigenvalue weighted by molar-refractivity contribution is 7.92. The van der Waals surface area contributed by atoms with E-state index < -0.39 is 10.0 Å². The second kappa shape index (κ2) is 7.39. The van der Waals surface area contributed by atoms with E-state index in [9.17, 15) is 8.42 Å². The molecule has 26 heavy (non-hydrogen) atoms. The number of aliphatic hydroxyl groups excluding tert-OH is 1. The molecule has 0 radical (unpaired) electrons. The van der Waals surface area contributed by atoms with Crippen molar-refractivity contribution in [3.05, 3.63) is 54.1 Å². The summed E-state index contributed by atoms with van der Waals surface area (Å²) in [5, 5.41) is 8.97. The van der Waals surface area contributed by atoms with Crippen molar-refractivity contribution in [3.63, 3.8) is 0 Å². The molecular weight excluding hydrogens is 354 g/mol. The van der Waals surface area contributed by atoms with Gasteiger partial charge in [-0.3, -0.25) is 4.72 Å². The van der Waals surface area contributed by atoms with E-state index in [0.717, 1.165) is 22.9 Å². The molecule has 0 saturated heterocycles. The van der Waals surface area contributed by atoms with E-state index in [4.69, 9.17) is 14.6 Å². The first-order valence-electron chi connectivity index (χ1n) is 8.14. The maximum Gasteiger partial charge on any atom is 0.229 e. The van der Waals surface area contributed by atoms with Gasteiger partial charge < -0.3 is 14.6 Å². The number of benzene rings is 2. The summed E-state index contributed by atoms with van der Waals surface area (Å²) < 4.78 is 37.2. The quantitative estimate of drug-likeness (QED) is 0.758. The van der Waals surface area contributed by atoms with Crippen LogP contribution >= 0.6 is 0 Å². The summed E-state index contributed by atoms with van der Waals surface area (Å²) in [6.07, 6.45) is 4.86. The molecule has 1 heterocycles. The molecule has 3 rings (SSSR count). The van der Waals surface area contributed by atoms with E-state index in [1.165, 1.54) is 0 Å². The standard InChI is InChI=1S/C19H21NO5S/c1-24-17-7-5-8-18-19(17)14-10-9-13(20-26(2,22)23)12-15(14)16(25-18)6-3-4-11-21/h3-5,7-10,12,16,20-21H,6,11H2,1-2H3/b4-3+. The maximum absolute atomic E-state index is 11.6. The third kappa shape index (κ3) is 3.84. The van der Waals surface area contributed by atoms with Crippen LogP contribution in [0.1, 0.15) is 18.1 Å². The number of sulfonamides is 1. The highest BCUT2D eigenvalue weighted by Gasteiger charge is 2.28. The van der Waals surface area contributed by atoms with Crippen molar-refractivity contribution >= 4 is 15.7 Å². The molecule has 1 unspecified atom stereocenters. The fourth-order valence-corrected chi connectivity index (χ4v) is 3.62. The van der Waals surface area contributed by atoms with Gasteiger partial charge in [0.15, 0.2) is 0 Å². The molecular formula is C19H21NO5S. The summed E-state index contributed by atoms with van der Waals surface area (Å²) in [5.74, 6) is 1.40. The van der Waals surface area contributed by atoms with Crippen LogP contribution in [0.5, 0.6) is 11.5 Å². The summed E-state index contributed by atoms with van der Waals surface area (Å²) in [6.45, 7) is -0.0420. The van der Waals surface area contributed by atoms with Crippen molar-refractivity contribution in [2.24, 2.45) is 0 Å². The first kappa shape index (κ1) is 18.3. The Bertz CT molecular complexity index is 937. The topological polar surface area (TPSA) is 84.9 Å². The van der Waals surface area contributed by atoms with Crippen LogP contribution in [-0.2, 0) is 10.0 Å². The minimum Gasteiger partial charge on any atom is -0.496 e. The van der Waals surface area contributed by atoms with Gasteiger partial charge in [-0.2, -0.15) is 0 Å². The van der Waals surface area contributed by atoms with E-state index in [0.29, 0.717) is 23.6 Å². The van der Waals surface area contributed by atoms with Crippen molar-refractivity contribution in [3.8, 4) is 22.6 Å². The number of rotatable bonds is 6. The smallest absolute Gasteiger partial charge is 0.229 e. The first-order valence-corrected chi connectivity index (χ1v) is 10.0. The van der Waals surface area contributed by atoms with Gasteiger partial charge in [-0.05, 0) is 29.8 Å². The summed E-state index contributed by atoms with van der Waals surface area (Å²) in [6, 6.07) is 11.0. The molecule has 6 nitrogen and oxygen atoms in total. The lowest BCUT2D eigenvalue weighted by Gasteiger charge is -2.29. The van der Waals surface area contributed by atoms with Crippen LogP contribution in [0.3, 0.4) is 0 Å². The lowest BCUT2D eigenvalue weighted by Crippen LogP contribution is -2.16. The third-order valence-electron chi connectivity index (χ3n) is 4.07. The number of ether oxygens (including phenoxy) is 2. The largest absolute Gasteiger partial charge is 0.496 e. The molecule has 138 valence electrons. The van der Waals surface area contributed by atoms with Gasteiger partial charge >= 0.3 is 0 Å². The van der Waals surface area contributed by atoms with E-state index in [-0.39, 0.29) is 12.7 Å². The Hall–Kier alpha value is -2.51. The van der Waals surface area contributed by atoms with Gasteiger partial charge in [-0.15, -0.1) is 0 Å². The monoisotopic (exact) mass is 375 g/mol. The Labute approximate surface area is 153 Å². The van der Waals surface area contributed by atoms with E-state index >= 15 is 0 Å². The lowest BCUT2D eigenvalue weighted by molar-refractivity contribution is 0.204. The van der Waals surface area contributed by atoms with Crippen LogP contribution in [0.4, 0.5) is 5.69 Å². The predicted molar refractivity (Wildman–Crippen MR) is 101 cm³/mol. The fourth-order valence-electron chi connectivity index (χ4n) is 3.07. The van der Waals surface area contributed by atoms with Crippen molar-refractivity contribution in [1.29, 1.82) is 0 Å². The molecule has 2 N–H and O–H groups in total. The number of methoxy groups -OCH3 is 1. The zero-order valence-corrected chi connectivity index (χ0v) is 15.4. The predicted octanol–water partition coefficient (Wildman–Crippen LogP) is 3.11. The highest BCUT2D eigenvalue weighted by atomic mass is 32.2. The van der Waals surface area contributed by atoms with Gasteiger partial charge in [0.1, 0.15) is 17.6 Å². The average Bonchev–Trinajstić information content (AvgIpc) is 2.60. The van der Waals surface area contributed by atoms with Gasteiger partial charge in [0.25, 0.3) is 0 Å². The Kier molecular flexibility index (Phi) is 5.20. The molecule has 0 bridgehead atoms. The van der Waals surface area contributed by atoms with Crippen molar-refractivity contribution in [2.75, 3.05) is 24.7 Å². The summed E-state index contributed by atoms with van der Waals surface area (Å²) in [4.78, 5) is 0. The zero-order valence-electron chi connectivity index (χ0n) is 14.6. The SMILES string of the molecule is COc1cccc2c1-c1ccc(NS(C)(=O)=O)cc1C(C/C=C/CO)O2. The normalized spacial score (nSPS) is 15.9. The van der Waals surface area contributed by atoms with E-state index in [2.05, 4.69) is 4.72 Å². The highest BCUT2D eigenvalue weighted by Crippen LogP contribution is 2.48. The number of hydrogen-bond donors (Lipinski definition) is 2. The molecule has 2 aromatic carbocycles. The fraction of sp³-hybridized carbons (Fsp3) is 0.263. The minimum atomic E-state index is -3.38. The Morgan fingerprint density at radius 2 is 2.08 bits per heavy atom. The molecule has 1 aliphatic heterocycles. The molecule has 7 heteroatoms. The minimum absolute atomic E-state index is 0.0420. The van der Waals surface area contributed by atoms with Gasteiger partial charge in [-0.1, -0.05) is 24.3 Å². The maximum atomic E-state index is 11.6. The summed E-state index contributed by atoms with van der Waals surface area (Å²) in [7, 11) is -1.78.